The van der Waals surface area contributed by atoms with Crippen LogP contribution in [0, 0.1) is 12.3 Å². The minimum absolute atomic E-state index is 0.739. The molecule has 2 aliphatic rings. The standard InChI is InChI=1S/C12H20N2S/c1-2-6-14-7-3-11(4-8-14)13-12-5-9-15-10-12/h1,11-13H,3-10H2. The van der Waals surface area contributed by atoms with Gasteiger partial charge >= 0.3 is 0 Å². The van der Waals surface area contributed by atoms with E-state index >= 15 is 0 Å². The lowest BCUT2D eigenvalue weighted by Gasteiger charge is -2.32. The van der Waals surface area contributed by atoms with Gasteiger partial charge in [-0.15, -0.1) is 6.42 Å². The highest BCUT2D eigenvalue weighted by molar-refractivity contribution is 7.99. The molecule has 2 nitrogen and oxygen atoms in total. The molecule has 1 atom stereocenters. The molecule has 2 rings (SSSR count). The molecule has 0 aromatic heterocycles. The van der Waals surface area contributed by atoms with Crippen LogP contribution in [0.25, 0.3) is 0 Å². The molecule has 2 saturated heterocycles. The van der Waals surface area contributed by atoms with E-state index in [-0.39, 0.29) is 0 Å². The smallest absolute Gasteiger partial charge is 0.0598 e. The molecular weight excluding hydrogens is 204 g/mol. The van der Waals surface area contributed by atoms with Gasteiger partial charge in [0.1, 0.15) is 0 Å². The number of nitrogens with one attached hydrogen (secondary N) is 1. The third kappa shape index (κ3) is 3.41. The maximum absolute atomic E-state index is 5.32. The molecular formula is C12H20N2S. The molecule has 0 bridgehead atoms. The van der Waals surface area contributed by atoms with Gasteiger partial charge in [-0.1, -0.05) is 5.92 Å². The molecule has 2 heterocycles. The Morgan fingerprint density at radius 1 is 1.27 bits per heavy atom. The van der Waals surface area contributed by atoms with Crippen molar-refractivity contribution in [2.45, 2.75) is 31.3 Å². The first-order chi connectivity index (χ1) is 7.38. The summed E-state index contributed by atoms with van der Waals surface area (Å²) in [4.78, 5) is 2.38. The van der Waals surface area contributed by atoms with Gasteiger partial charge in [0, 0.05) is 30.9 Å². The summed E-state index contributed by atoms with van der Waals surface area (Å²) in [6.45, 7) is 3.16. The number of terminal acetylenes is 1. The summed E-state index contributed by atoms with van der Waals surface area (Å²) in [5.41, 5.74) is 0. The van der Waals surface area contributed by atoms with E-state index in [4.69, 9.17) is 6.42 Å². The summed E-state index contributed by atoms with van der Waals surface area (Å²) in [7, 11) is 0. The highest BCUT2D eigenvalue weighted by Gasteiger charge is 2.22. The van der Waals surface area contributed by atoms with E-state index in [1.807, 2.05) is 0 Å². The molecule has 3 heteroatoms. The first-order valence-electron chi connectivity index (χ1n) is 5.88. The van der Waals surface area contributed by atoms with Crippen LogP contribution in [0.15, 0.2) is 0 Å². The van der Waals surface area contributed by atoms with Crippen molar-refractivity contribution >= 4 is 11.8 Å². The zero-order valence-corrected chi connectivity index (χ0v) is 10.1. The van der Waals surface area contributed by atoms with Crippen molar-refractivity contribution in [2.75, 3.05) is 31.1 Å². The first-order valence-corrected chi connectivity index (χ1v) is 7.03. The molecule has 15 heavy (non-hydrogen) atoms. The quantitative estimate of drug-likeness (QED) is 0.725. The summed E-state index contributed by atoms with van der Waals surface area (Å²) in [5, 5.41) is 3.78. The second-order valence-electron chi connectivity index (χ2n) is 4.48. The van der Waals surface area contributed by atoms with Crippen molar-refractivity contribution in [2.24, 2.45) is 0 Å². The molecule has 84 valence electrons. The van der Waals surface area contributed by atoms with Crippen LogP contribution in [-0.4, -0.2) is 48.1 Å². The van der Waals surface area contributed by atoms with Crippen LogP contribution < -0.4 is 5.32 Å². The van der Waals surface area contributed by atoms with Gasteiger partial charge in [0.2, 0.25) is 0 Å². The molecule has 0 spiro atoms. The molecule has 2 aliphatic heterocycles. The Kier molecular flexibility index (Phi) is 4.37. The lowest BCUT2D eigenvalue weighted by molar-refractivity contribution is 0.211. The van der Waals surface area contributed by atoms with E-state index < -0.39 is 0 Å². The molecule has 1 unspecified atom stereocenters. The van der Waals surface area contributed by atoms with Crippen molar-refractivity contribution in [3.05, 3.63) is 0 Å². The fourth-order valence-electron chi connectivity index (χ4n) is 2.39. The van der Waals surface area contributed by atoms with Gasteiger partial charge in [0.25, 0.3) is 0 Å². The predicted octanol–water partition coefficient (Wildman–Crippen LogP) is 1.18. The predicted molar refractivity (Wildman–Crippen MR) is 67.2 cm³/mol. The highest BCUT2D eigenvalue weighted by atomic mass is 32.2. The van der Waals surface area contributed by atoms with Gasteiger partial charge in [0.05, 0.1) is 6.54 Å². The van der Waals surface area contributed by atoms with Crippen LogP contribution in [-0.2, 0) is 0 Å². The third-order valence-electron chi connectivity index (χ3n) is 3.30. The van der Waals surface area contributed by atoms with Gasteiger partial charge in [-0.3, -0.25) is 4.90 Å². The van der Waals surface area contributed by atoms with Gasteiger partial charge in [-0.05, 0) is 25.0 Å². The molecule has 2 fully saturated rings. The van der Waals surface area contributed by atoms with Crippen molar-refractivity contribution in [1.29, 1.82) is 0 Å². The molecule has 0 aromatic carbocycles. The lowest BCUT2D eigenvalue weighted by atomic mass is 10.0. The Morgan fingerprint density at radius 2 is 2.07 bits per heavy atom. The van der Waals surface area contributed by atoms with Crippen LogP contribution in [0.1, 0.15) is 19.3 Å². The zero-order chi connectivity index (χ0) is 10.5. The molecule has 0 radical (unpaired) electrons. The Morgan fingerprint density at radius 3 is 2.67 bits per heavy atom. The number of hydrogen-bond acceptors (Lipinski definition) is 3. The van der Waals surface area contributed by atoms with Gasteiger partial charge in [0.15, 0.2) is 0 Å². The highest BCUT2D eigenvalue weighted by Crippen LogP contribution is 2.19. The molecule has 0 amide bonds. The lowest BCUT2D eigenvalue weighted by Crippen LogP contribution is -2.46. The van der Waals surface area contributed by atoms with Gasteiger partial charge in [-0.25, -0.2) is 0 Å². The summed E-state index contributed by atoms with van der Waals surface area (Å²) < 4.78 is 0. The van der Waals surface area contributed by atoms with E-state index in [1.54, 1.807) is 0 Å². The van der Waals surface area contributed by atoms with Crippen LogP contribution in [0.3, 0.4) is 0 Å². The normalized spacial score (nSPS) is 29.1. The van der Waals surface area contributed by atoms with E-state index in [0.717, 1.165) is 18.6 Å². The fourth-order valence-corrected chi connectivity index (χ4v) is 3.55. The Bertz CT molecular complexity index is 222. The first kappa shape index (κ1) is 11.3. The van der Waals surface area contributed by atoms with Crippen LogP contribution >= 0.6 is 11.8 Å². The minimum atomic E-state index is 0.739. The second-order valence-corrected chi connectivity index (χ2v) is 5.63. The number of nitrogens with zero attached hydrogens (tertiary/aromatic N) is 1. The molecule has 0 aliphatic carbocycles. The average molecular weight is 224 g/mol. The SMILES string of the molecule is C#CCN1CCC(NC2CCSC2)CC1. The topological polar surface area (TPSA) is 15.3 Å². The van der Waals surface area contributed by atoms with Crippen molar-refractivity contribution < 1.29 is 0 Å². The Balaban J connectivity index is 1.67. The summed E-state index contributed by atoms with van der Waals surface area (Å²) in [6, 6.07) is 1.52. The Hall–Kier alpha value is -0.170. The number of rotatable bonds is 3. The van der Waals surface area contributed by atoms with Crippen LogP contribution in [0.2, 0.25) is 0 Å². The van der Waals surface area contributed by atoms with Crippen molar-refractivity contribution in [3.8, 4) is 12.3 Å². The summed E-state index contributed by atoms with van der Waals surface area (Å²) in [6.07, 6.45) is 9.21. The van der Waals surface area contributed by atoms with Gasteiger partial charge in [-0.2, -0.15) is 11.8 Å². The van der Waals surface area contributed by atoms with E-state index in [0.29, 0.717) is 0 Å². The average Bonchev–Trinajstić information content (AvgIpc) is 2.74. The summed E-state index contributed by atoms with van der Waals surface area (Å²) >= 11 is 2.08. The van der Waals surface area contributed by atoms with E-state index in [1.165, 1.54) is 43.9 Å². The maximum atomic E-state index is 5.32. The maximum Gasteiger partial charge on any atom is 0.0598 e. The third-order valence-corrected chi connectivity index (χ3v) is 4.47. The summed E-state index contributed by atoms with van der Waals surface area (Å²) in [5.74, 6) is 5.38. The monoisotopic (exact) mass is 224 g/mol. The van der Waals surface area contributed by atoms with Crippen molar-refractivity contribution in [1.82, 2.24) is 10.2 Å². The minimum Gasteiger partial charge on any atom is -0.310 e. The molecule has 1 N–H and O–H groups in total. The molecule has 0 saturated carbocycles. The number of piperidine rings is 1. The number of likely N-dealkylation sites (tertiary alicyclic amines) is 1. The zero-order valence-electron chi connectivity index (χ0n) is 9.24. The van der Waals surface area contributed by atoms with Crippen molar-refractivity contribution in [3.63, 3.8) is 0 Å². The second kappa shape index (κ2) is 5.79. The van der Waals surface area contributed by atoms with Crippen LogP contribution in [0.5, 0.6) is 0 Å². The number of hydrogen-bond donors (Lipinski definition) is 1. The van der Waals surface area contributed by atoms with E-state index in [2.05, 4.69) is 27.9 Å². The van der Waals surface area contributed by atoms with E-state index in [9.17, 15) is 0 Å². The largest absolute Gasteiger partial charge is 0.310 e. The van der Waals surface area contributed by atoms with Gasteiger partial charge < -0.3 is 5.32 Å². The van der Waals surface area contributed by atoms with Crippen LogP contribution in [0.4, 0.5) is 0 Å². The molecule has 0 aromatic rings. The fraction of sp³-hybridized carbons (Fsp3) is 0.833. The number of thioether (sulfide) groups is 1. The Labute approximate surface area is 97.2 Å².